The van der Waals surface area contributed by atoms with Gasteiger partial charge in [-0.05, 0) is 24.6 Å². The molecule has 0 saturated carbocycles. The number of rotatable bonds is 2. The van der Waals surface area contributed by atoms with Gasteiger partial charge in [-0.25, -0.2) is 4.39 Å². The van der Waals surface area contributed by atoms with Crippen LogP contribution in [-0.4, -0.2) is 16.8 Å². The lowest BCUT2D eigenvalue weighted by Crippen LogP contribution is -2.27. The van der Waals surface area contributed by atoms with Crippen molar-refractivity contribution in [2.24, 2.45) is 11.0 Å². The Labute approximate surface area is 91.8 Å². The monoisotopic (exact) mass is 222 g/mol. The van der Waals surface area contributed by atoms with E-state index in [4.69, 9.17) is 5.11 Å². The van der Waals surface area contributed by atoms with Gasteiger partial charge >= 0.3 is 5.97 Å². The average Bonchev–Trinajstić information content (AvgIpc) is 2.61. The molecule has 0 saturated heterocycles. The van der Waals surface area contributed by atoms with E-state index < -0.39 is 17.9 Å². The van der Waals surface area contributed by atoms with Crippen molar-refractivity contribution in [2.75, 3.05) is 0 Å². The summed E-state index contributed by atoms with van der Waals surface area (Å²) in [4.78, 5) is 11.1. The number of aliphatic carboxylic acids is 1. The summed E-state index contributed by atoms with van der Waals surface area (Å²) >= 11 is 0. The van der Waals surface area contributed by atoms with Gasteiger partial charge in [0.15, 0.2) is 0 Å². The molecule has 0 spiro atoms. The number of hydrogen-bond donors (Lipinski definition) is 2. The van der Waals surface area contributed by atoms with E-state index >= 15 is 0 Å². The fourth-order valence-corrected chi connectivity index (χ4v) is 1.82. The highest BCUT2D eigenvalue weighted by atomic mass is 19.1. The molecule has 2 rings (SSSR count). The molecule has 0 fully saturated rings. The Bertz CT molecular complexity index is 442. The first-order chi connectivity index (χ1) is 7.59. The second-order valence-corrected chi connectivity index (χ2v) is 3.73. The van der Waals surface area contributed by atoms with Crippen molar-refractivity contribution in [2.45, 2.75) is 13.0 Å². The highest BCUT2D eigenvalue weighted by molar-refractivity contribution is 6.02. The van der Waals surface area contributed by atoms with Crippen LogP contribution >= 0.6 is 0 Å². The van der Waals surface area contributed by atoms with Crippen LogP contribution in [0.3, 0.4) is 0 Å². The van der Waals surface area contributed by atoms with Crippen LogP contribution < -0.4 is 5.43 Å². The Morgan fingerprint density at radius 1 is 1.44 bits per heavy atom. The molecule has 0 radical (unpaired) electrons. The van der Waals surface area contributed by atoms with Gasteiger partial charge in [-0.15, -0.1) is 0 Å². The smallest absolute Gasteiger partial charge is 0.314 e. The minimum Gasteiger partial charge on any atom is -0.481 e. The minimum absolute atomic E-state index is 0.341. The van der Waals surface area contributed by atoms with Gasteiger partial charge in [0, 0.05) is 0 Å². The molecule has 2 unspecified atom stereocenters. The largest absolute Gasteiger partial charge is 0.481 e. The molecule has 1 heterocycles. The Morgan fingerprint density at radius 2 is 2.06 bits per heavy atom. The molecule has 0 aromatic heterocycles. The quantitative estimate of drug-likeness (QED) is 0.798. The molecule has 0 bridgehead atoms. The fraction of sp³-hybridized carbons (Fsp3) is 0.273. The molecule has 1 aromatic rings. The Kier molecular flexibility index (Phi) is 2.60. The van der Waals surface area contributed by atoms with Gasteiger partial charge in [0.25, 0.3) is 0 Å². The van der Waals surface area contributed by atoms with Crippen molar-refractivity contribution in [1.29, 1.82) is 0 Å². The van der Waals surface area contributed by atoms with Gasteiger partial charge in [-0.2, -0.15) is 5.10 Å². The third-order valence-corrected chi connectivity index (χ3v) is 2.66. The molecule has 5 heteroatoms. The number of halogens is 1. The summed E-state index contributed by atoms with van der Waals surface area (Å²) < 4.78 is 12.7. The van der Waals surface area contributed by atoms with Crippen molar-refractivity contribution in [3.63, 3.8) is 0 Å². The summed E-state index contributed by atoms with van der Waals surface area (Å²) in [5, 5.41) is 13.0. The lowest BCUT2D eigenvalue weighted by molar-refractivity contribution is -0.139. The van der Waals surface area contributed by atoms with Gasteiger partial charge in [-0.3, -0.25) is 4.79 Å². The van der Waals surface area contributed by atoms with E-state index in [-0.39, 0.29) is 5.82 Å². The summed E-state index contributed by atoms with van der Waals surface area (Å²) in [5.74, 6) is -1.96. The molecule has 4 nitrogen and oxygen atoms in total. The number of carboxylic acid groups (broad SMARTS) is 1. The van der Waals surface area contributed by atoms with E-state index in [2.05, 4.69) is 10.5 Å². The van der Waals surface area contributed by atoms with Crippen LogP contribution in [0.2, 0.25) is 0 Å². The zero-order valence-corrected chi connectivity index (χ0v) is 8.64. The molecule has 0 aliphatic carbocycles. The molecule has 2 atom stereocenters. The predicted molar refractivity (Wildman–Crippen MR) is 56.5 cm³/mol. The number of benzene rings is 1. The SMILES string of the molecule is CC1=NNC(c2ccc(F)cc2)C1C(=O)O. The van der Waals surface area contributed by atoms with E-state index in [1.165, 1.54) is 12.1 Å². The Morgan fingerprint density at radius 3 is 2.62 bits per heavy atom. The van der Waals surface area contributed by atoms with Crippen LogP contribution in [-0.2, 0) is 4.79 Å². The van der Waals surface area contributed by atoms with Crippen molar-refractivity contribution < 1.29 is 14.3 Å². The standard InChI is InChI=1S/C11H11FN2O2/c1-6-9(11(15)16)10(14-13-6)7-2-4-8(12)5-3-7/h2-5,9-10,14H,1H3,(H,15,16). The lowest BCUT2D eigenvalue weighted by atomic mass is 9.91. The zero-order valence-electron chi connectivity index (χ0n) is 8.64. The number of hydrogen-bond acceptors (Lipinski definition) is 3. The minimum atomic E-state index is -0.930. The third kappa shape index (κ3) is 1.76. The Hall–Kier alpha value is -1.91. The predicted octanol–water partition coefficient (Wildman–Crippen LogP) is 1.55. The summed E-state index contributed by atoms with van der Waals surface area (Å²) in [7, 11) is 0. The molecular weight excluding hydrogens is 211 g/mol. The van der Waals surface area contributed by atoms with Crippen LogP contribution in [0.25, 0.3) is 0 Å². The number of hydrazone groups is 1. The molecule has 1 aromatic carbocycles. The fourth-order valence-electron chi connectivity index (χ4n) is 1.82. The number of carboxylic acids is 1. The summed E-state index contributed by atoms with van der Waals surface area (Å²) in [6.45, 7) is 1.66. The van der Waals surface area contributed by atoms with Crippen molar-refractivity contribution in [3.05, 3.63) is 35.6 Å². The van der Waals surface area contributed by atoms with Gasteiger partial charge in [0.1, 0.15) is 11.7 Å². The van der Waals surface area contributed by atoms with Crippen molar-refractivity contribution in [1.82, 2.24) is 5.43 Å². The van der Waals surface area contributed by atoms with E-state index in [1.807, 2.05) is 0 Å². The number of nitrogens with one attached hydrogen (secondary N) is 1. The summed E-state index contributed by atoms with van der Waals surface area (Å²) in [6, 6.07) is 5.33. The first kappa shape index (κ1) is 10.6. The molecular formula is C11H11FN2O2. The first-order valence-corrected chi connectivity index (χ1v) is 4.87. The van der Waals surface area contributed by atoms with Crippen molar-refractivity contribution >= 4 is 11.7 Å². The highest BCUT2D eigenvalue weighted by Gasteiger charge is 2.36. The van der Waals surface area contributed by atoms with E-state index in [9.17, 15) is 9.18 Å². The summed E-state index contributed by atoms with van der Waals surface area (Å²) in [5.41, 5.74) is 4.00. The maximum atomic E-state index is 12.7. The number of nitrogens with zero attached hydrogens (tertiary/aromatic N) is 1. The van der Waals surface area contributed by atoms with Gasteiger partial charge in [-0.1, -0.05) is 12.1 Å². The number of carbonyl (C=O) groups is 1. The van der Waals surface area contributed by atoms with E-state index in [0.717, 1.165) is 5.56 Å². The molecule has 0 amide bonds. The normalized spacial score (nSPS) is 23.8. The average molecular weight is 222 g/mol. The molecule has 1 aliphatic rings. The maximum Gasteiger partial charge on any atom is 0.314 e. The highest BCUT2D eigenvalue weighted by Crippen LogP contribution is 2.28. The Balaban J connectivity index is 2.29. The molecule has 2 N–H and O–H groups in total. The van der Waals surface area contributed by atoms with Crippen molar-refractivity contribution in [3.8, 4) is 0 Å². The molecule has 16 heavy (non-hydrogen) atoms. The molecule has 1 aliphatic heterocycles. The zero-order chi connectivity index (χ0) is 11.7. The second kappa shape index (κ2) is 3.92. The second-order valence-electron chi connectivity index (χ2n) is 3.73. The maximum absolute atomic E-state index is 12.7. The lowest BCUT2D eigenvalue weighted by Gasteiger charge is -2.16. The van der Waals surface area contributed by atoms with Gasteiger partial charge in [0.2, 0.25) is 0 Å². The van der Waals surface area contributed by atoms with Gasteiger partial charge in [0.05, 0.1) is 11.8 Å². The van der Waals surface area contributed by atoms with Crippen LogP contribution in [0, 0.1) is 11.7 Å². The summed E-state index contributed by atoms with van der Waals surface area (Å²) in [6.07, 6.45) is 0. The van der Waals surface area contributed by atoms with E-state index in [0.29, 0.717) is 5.71 Å². The van der Waals surface area contributed by atoms with E-state index in [1.54, 1.807) is 19.1 Å². The van der Waals surface area contributed by atoms with Crippen LogP contribution in [0.4, 0.5) is 4.39 Å². The third-order valence-electron chi connectivity index (χ3n) is 2.66. The topological polar surface area (TPSA) is 61.7 Å². The first-order valence-electron chi connectivity index (χ1n) is 4.87. The molecule has 84 valence electrons. The van der Waals surface area contributed by atoms with Crippen LogP contribution in [0.15, 0.2) is 29.4 Å². The van der Waals surface area contributed by atoms with Gasteiger partial charge < -0.3 is 10.5 Å². The van der Waals surface area contributed by atoms with Crippen LogP contribution in [0.5, 0.6) is 0 Å². The van der Waals surface area contributed by atoms with Crippen LogP contribution in [0.1, 0.15) is 18.5 Å².